The monoisotopic (exact) mass is 243 g/mol. The van der Waals surface area contributed by atoms with Crippen molar-refractivity contribution in [1.29, 1.82) is 0 Å². The molecule has 0 aromatic carbocycles. The molecule has 4 heteroatoms. The van der Waals surface area contributed by atoms with Gasteiger partial charge in [-0.25, -0.2) is 4.79 Å². The molecule has 0 saturated carbocycles. The molecule has 0 saturated heterocycles. The van der Waals surface area contributed by atoms with Crippen molar-refractivity contribution in [3.63, 3.8) is 0 Å². The molecule has 0 atom stereocenters. The van der Waals surface area contributed by atoms with E-state index in [1.165, 1.54) is 6.26 Å². The minimum Gasteiger partial charge on any atom is -0.452 e. The molecule has 0 aromatic rings. The Labute approximate surface area is 104 Å². The summed E-state index contributed by atoms with van der Waals surface area (Å²) < 4.78 is 4.92. The predicted octanol–water partition coefficient (Wildman–Crippen LogP) is 3.53. The van der Waals surface area contributed by atoms with Crippen LogP contribution >= 0.6 is 0 Å². The van der Waals surface area contributed by atoms with Crippen LogP contribution < -0.4 is 0 Å². The minimum atomic E-state index is -0.429. The van der Waals surface area contributed by atoms with Crippen molar-refractivity contribution in [2.24, 2.45) is 0 Å². The minimum absolute atomic E-state index is 0.359. The van der Waals surface area contributed by atoms with E-state index in [-0.39, 0.29) is 5.60 Å². The molecule has 0 heterocycles. The molecule has 0 aliphatic carbocycles. The van der Waals surface area contributed by atoms with Crippen LogP contribution in [0.3, 0.4) is 0 Å². The van der Waals surface area contributed by atoms with Crippen molar-refractivity contribution >= 4 is 5.97 Å². The van der Waals surface area contributed by atoms with Crippen LogP contribution in [0.15, 0.2) is 11.8 Å². The second-order valence-corrected chi connectivity index (χ2v) is 4.79. The van der Waals surface area contributed by atoms with Crippen LogP contribution in [-0.2, 0) is 19.3 Å². The zero-order valence-electron chi connectivity index (χ0n) is 11.6. The van der Waals surface area contributed by atoms with Crippen molar-refractivity contribution < 1.29 is 19.3 Å². The number of esters is 1. The van der Waals surface area contributed by atoms with Gasteiger partial charge in [0.15, 0.2) is 0 Å². The van der Waals surface area contributed by atoms with Crippen molar-refractivity contribution in [2.75, 3.05) is 0 Å². The zero-order chi connectivity index (χ0) is 13.5. The first-order chi connectivity index (χ1) is 7.78. The summed E-state index contributed by atoms with van der Waals surface area (Å²) in [7, 11) is 0. The van der Waals surface area contributed by atoms with Gasteiger partial charge in [-0.2, -0.15) is 4.89 Å². The second kappa shape index (κ2) is 7.33. The number of carbonyl (C=O) groups is 1. The van der Waals surface area contributed by atoms with Crippen LogP contribution in [-0.4, -0.2) is 11.6 Å². The van der Waals surface area contributed by atoms with E-state index in [9.17, 15) is 4.79 Å². The molecule has 0 aliphatic rings. The summed E-state index contributed by atoms with van der Waals surface area (Å²) in [5, 5.41) is 0. The third kappa shape index (κ3) is 7.80. The summed E-state index contributed by atoms with van der Waals surface area (Å²) in [4.78, 5) is 21.5. The fourth-order valence-corrected chi connectivity index (χ4v) is 1.18. The van der Waals surface area contributed by atoms with Gasteiger partial charge < -0.3 is 9.62 Å². The van der Waals surface area contributed by atoms with Crippen molar-refractivity contribution in [2.45, 2.75) is 60.0 Å². The zero-order valence-corrected chi connectivity index (χ0v) is 11.6. The quantitative estimate of drug-likeness (QED) is 0.225. The van der Waals surface area contributed by atoms with Gasteiger partial charge in [0.05, 0.1) is 5.57 Å². The lowest BCUT2D eigenvalue weighted by Gasteiger charge is -2.21. The van der Waals surface area contributed by atoms with Crippen molar-refractivity contribution in [3.05, 3.63) is 17.9 Å². The summed E-state index contributed by atoms with van der Waals surface area (Å²) in [5.74, 6) is -0.429. The van der Waals surface area contributed by atoms with Gasteiger partial charge >= 0.3 is 5.97 Å². The summed E-state index contributed by atoms with van der Waals surface area (Å²) >= 11 is 0. The molecular weight excluding hydrogens is 220 g/mol. The van der Waals surface area contributed by atoms with Gasteiger partial charge in [0.2, 0.25) is 0 Å². The number of rotatable bonds is 7. The lowest BCUT2D eigenvalue weighted by atomic mass is 10.0. The molecule has 0 N–H and O–H groups in total. The maximum Gasteiger partial charge on any atom is 0.337 e. The Morgan fingerprint density at radius 3 is 2.29 bits per heavy atom. The highest BCUT2D eigenvalue weighted by atomic mass is 17.2. The average Bonchev–Trinajstić information content (AvgIpc) is 2.15. The van der Waals surface area contributed by atoms with Crippen LogP contribution in [0, 0.1) is 6.10 Å². The summed E-state index contributed by atoms with van der Waals surface area (Å²) in [6, 6.07) is 0. The Hall–Kier alpha value is -1.03. The summed E-state index contributed by atoms with van der Waals surface area (Å²) in [6.45, 7) is 11.0. The third-order valence-corrected chi connectivity index (χ3v) is 1.97. The van der Waals surface area contributed by atoms with E-state index in [1.807, 2.05) is 13.8 Å². The molecule has 0 spiro atoms. The Kier molecular flexibility index (Phi) is 6.88. The molecule has 0 amide bonds. The fraction of sp³-hybridized carbons (Fsp3) is 0.692. The molecule has 4 nitrogen and oxygen atoms in total. The third-order valence-electron chi connectivity index (χ3n) is 1.97. The highest BCUT2D eigenvalue weighted by Crippen LogP contribution is 2.17. The molecule has 17 heavy (non-hydrogen) atoms. The van der Waals surface area contributed by atoms with E-state index >= 15 is 0 Å². The van der Waals surface area contributed by atoms with Crippen LogP contribution in [0.1, 0.15) is 54.4 Å². The molecule has 1 radical (unpaired) electrons. The van der Waals surface area contributed by atoms with Gasteiger partial charge in [0.1, 0.15) is 18.0 Å². The average molecular weight is 243 g/mol. The van der Waals surface area contributed by atoms with E-state index in [1.54, 1.807) is 20.8 Å². The van der Waals surface area contributed by atoms with E-state index in [0.29, 0.717) is 11.7 Å². The van der Waals surface area contributed by atoms with Gasteiger partial charge in [-0.3, -0.25) is 0 Å². The van der Waals surface area contributed by atoms with Crippen LogP contribution in [0.25, 0.3) is 0 Å². The SMILES string of the molecule is CCCC(C)(C)OOC=C(C)C(=O)O[C](C)C. The molecule has 0 rings (SSSR count). The Morgan fingerprint density at radius 1 is 1.24 bits per heavy atom. The van der Waals surface area contributed by atoms with Crippen LogP contribution in [0.5, 0.6) is 0 Å². The lowest BCUT2D eigenvalue weighted by molar-refractivity contribution is -0.318. The largest absolute Gasteiger partial charge is 0.452 e. The lowest BCUT2D eigenvalue weighted by Crippen LogP contribution is -2.23. The highest BCUT2D eigenvalue weighted by molar-refractivity contribution is 5.87. The molecule has 0 unspecified atom stereocenters. The highest BCUT2D eigenvalue weighted by Gasteiger charge is 2.19. The smallest absolute Gasteiger partial charge is 0.337 e. The van der Waals surface area contributed by atoms with Gasteiger partial charge in [-0.1, -0.05) is 13.3 Å². The maximum absolute atomic E-state index is 11.4. The summed E-state index contributed by atoms with van der Waals surface area (Å²) in [6.07, 6.45) is 3.75. The Balaban J connectivity index is 4.11. The van der Waals surface area contributed by atoms with E-state index in [2.05, 4.69) is 6.92 Å². The van der Waals surface area contributed by atoms with E-state index in [0.717, 1.165) is 12.8 Å². The van der Waals surface area contributed by atoms with Crippen LogP contribution in [0.4, 0.5) is 0 Å². The molecule has 0 fully saturated rings. The molecular formula is C13H23O4. The molecule has 0 bridgehead atoms. The first kappa shape index (κ1) is 16.0. The topological polar surface area (TPSA) is 44.8 Å². The van der Waals surface area contributed by atoms with Gasteiger partial charge in [0, 0.05) is 0 Å². The number of hydrogen-bond donors (Lipinski definition) is 0. The Bertz CT molecular complexity index is 267. The van der Waals surface area contributed by atoms with Crippen molar-refractivity contribution in [1.82, 2.24) is 0 Å². The first-order valence-electron chi connectivity index (χ1n) is 5.82. The summed E-state index contributed by atoms with van der Waals surface area (Å²) in [5.41, 5.74) is 0.000825. The molecule has 0 aromatic heterocycles. The fourth-order valence-electron chi connectivity index (χ4n) is 1.18. The number of hydrogen-bond acceptors (Lipinski definition) is 4. The van der Waals surface area contributed by atoms with Gasteiger partial charge in [-0.15, -0.1) is 0 Å². The molecule has 99 valence electrons. The van der Waals surface area contributed by atoms with Crippen LogP contribution in [0.2, 0.25) is 0 Å². The molecule has 0 aliphatic heterocycles. The van der Waals surface area contributed by atoms with Gasteiger partial charge in [-0.05, 0) is 41.0 Å². The standard InChI is InChI=1S/C13H23O4/c1-7-8-13(5,6)17-15-9-11(4)12(14)16-10(2)3/h9H,7-8H2,1-6H3. The normalized spacial score (nSPS) is 12.8. The number of carbonyl (C=O) groups excluding carboxylic acids is 1. The number of ether oxygens (including phenoxy) is 1. The predicted molar refractivity (Wildman–Crippen MR) is 65.6 cm³/mol. The van der Waals surface area contributed by atoms with E-state index < -0.39 is 5.97 Å². The van der Waals surface area contributed by atoms with E-state index in [4.69, 9.17) is 14.5 Å². The maximum atomic E-state index is 11.4. The van der Waals surface area contributed by atoms with Gasteiger partial charge in [0.25, 0.3) is 0 Å². The Morgan fingerprint density at radius 2 is 1.82 bits per heavy atom. The second-order valence-electron chi connectivity index (χ2n) is 4.79. The van der Waals surface area contributed by atoms with Crippen molar-refractivity contribution in [3.8, 4) is 0 Å². The first-order valence-corrected chi connectivity index (χ1v) is 5.82.